The van der Waals surface area contributed by atoms with Crippen LogP contribution in [0.1, 0.15) is 19.5 Å². The molecule has 0 aliphatic carbocycles. The zero-order valence-electron chi connectivity index (χ0n) is 8.58. The van der Waals surface area contributed by atoms with Crippen LogP contribution in [0.15, 0.2) is 24.5 Å². The summed E-state index contributed by atoms with van der Waals surface area (Å²) in [5.74, 6) is 0. The van der Waals surface area contributed by atoms with Crippen molar-refractivity contribution in [2.75, 3.05) is 0 Å². The first kappa shape index (κ1) is 10.9. The molecule has 0 aliphatic rings. The average molecular weight is 209 g/mol. The summed E-state index contributed by atoms with van der Waals surface area (Å²) in [5.41, 5.74) is 1.88. The van der Waals surface area contributed by atoms with Crippen molar-refractivity contribution in [3.05, 3.63) is 35.2 Å². The third-order valence-electron chi connectivity index (χ3n) is 1.80. The number of aryl methyl sites for hydroxylation is 1. The van der Waals surface area contributed by atoms with Crippen molar-refractivity contribution in [1.29, 1.82) is 0 Å². The number of halogens is 1. The van der Waals surface area contributed by atoms with E-state index in [1.807, 2.05) is 39.0 Å². The van der Waals surface area contributed by atoms with Crippen molar-refractivity contribution in [1.82, 2.24) is 9.97 Å². The number of aromatic nitrogens is 2. The Balaban J connectivity index is 0.000000461. The molecule has 2 aromatic rings. The molecule has 1 aromatic carbocycles. The van der Waals surface area contributed by atoms with Gasteiger partial charge < -0.3 is 0 Å². The third-order valence-corrected chi connectivity index (χ3v) is 2.03. The van der Waals surface area contributed by atoms with Gasteiger partial charge in [-0.3, -0.25) is 0 Å². The molecule has 0 fully saturated rings. The van der Waals surface area contributed by atoms with Crippen LogP contribution in [0, 0.1) is 6.92 Å². The molecule has 0 spiro atoms. The van der Waals surface area contributed by atoms with E-state index >= 15 is 0 Å². The van der Waals surface area contributed by atoms with E-state index in [4.69, 9.17) is 11.6 Å². The van der Waals surface area contributed by atoms with E-state index in [2.05, 4.69) is 9.97 Å². The standard InChI is InChI=1S/C9H7ClN2.C2H6/c1-6-8-3-2-7(10)4-9(8)12-5-11-6;1-2/h2-5H,1H3;1-2H3. The Bertz CT molecular complexity index is 427. The van der Waals surface area contributed by atoms with E-state index in [1.165, 1.54) is 0 Å². The fraction of sp³-hybridized carbons (Fsp3) is 0.273. The first-order chi connectivity index (χ1) is 6.77. The topological polar surface area (TPSA) is 25.8 Å². The monoisotopic (exact) mass is 208 g/mol. The van der Waals surface area contributed by atoms with Gasteiger partial charge >= 0.3 is 0 Å². The van der Waals surface area contributed by atoms with Crippen molar-refractivity contribution in [3.8, 4) is 0 Å². The molecule has 0 atom stereocenters. The molecule has 0 unspecified atom stereocenters. The number of fused-ring (bicyclic) bond motifs is 1. The van der Waals surface area contributed by atoms with Gasteiger partial charge in [-0.1, -0.05) is 25.4 Å². The highest BCUT2D eigenvalue weighted by Crippen LogP contribution is 2.18. The molecule has 0 saturated carbocycles. The van der Waals surface area contributed by atoms with Gasteiger partial charge in [0.2, 0.25) is 0 Å². The van der Waals surface area contributed by atoms with Crippen molar-refractivity contribution in [2.24, 2.45) is 0 Å². The molecule has 2 rings (SSSR count). The van der Waals surface area contributed by atoms with Crippen LogP contribution in [-0.4, -0.2) is 9.97 Å². The lowest BCUT2D eigenvalue weighted by Gasteiger charge is -1.98. The highest BCUT2D eigenvalue weighted by molar-refractivity contribution is 6.31. The third kappa shape index (κ3) is 2.20. The minimum atomic E-state index is 0.709. The van der Waals surface area contributed by atoms with Crippen LogP contribution in [0.5, 0.6) is 0 Å². The number of hydrogen-bond donors (Lipinski definition) is 0. The van der Waals surface area contributed by atoms with Crippen LogP contribution in [0.4, 0.5) is 0 Å². The van der Waals surface area contributed by atoms with Crippen LogP contribution in [0.25, 0.3) is 10.9 Å². The quantitative estimate of drug-likeness (QED) is 0.661. The summed E-state index contributed by atoms with van der Waals surface area (Å²) in [7, 11) is 0. The lowest BCUT2D eigenvalue weighted by atomic mass is 10.2. The predicted octanol–water partition coefficient (Wildman–Crippen LogP) is 3.62. The maximum atomic E-state index is 5.81. The first-order valence-corrected chi connectivity index (χ1v) is 5.02. The molecule has 0 bridgehead atoms. The molecule has 1 heterocycles. The second kappa shape index (κ2) is 4.91. The van der Waals surface area contributed by atoms with Crippen LogP contribution in [0.3, 0.4) is 0 Å². The Morgan fingerprint density at radius 2 is 1.86 bits per heavy atom. The molecule has 1 aromatic heterocycles. The SMILES string of the molecule is CC.Cc1ncnc2cc(Cl)ccc12. The van der Waals surface area contributed by atoms with Gasteiger partial charge in [0.05, 0.1) is 5.52 Å². The highest BCUT2D eigenvalue weighted by Gasteiger charge is 1.98. The van der Waals surface area contributed by atoms with E-state index < -0.39 is 0 Å². The summed E-state index contributed by atoms with van der Waals surface area (Å²) in [6.07, 6.45) is 1.55. The van der Waals surface area contributed by atoms with Gasteiger partial charge in [-0.05, 0) is 25.1 Å². The minimum absolute atomic E-state index is 0.709. The molecular weight excluding hydrogens is 196 g/mol. The first-order valence-electron chi connectivity index (χ1n) is 4.64. The molecule has 14 heavy (non-hydrogen) atoms. The summed E-state index contributed by atoms with van der Waals surface area (Å²) < 4.78 is 0. The number of rotatable bonds is 0. The molecule has 0 aliphatic heterocycles. The number of nitrogens with zero attached hydrogens (tertiary/aromatic N) is 2. The van der Waals surface area contributed by atoms with E-state index in [1.54, 1.807) is 6.33 Å². The van der Waals surface area contributed by atoms with Gasteiger partial charge in [0.25, 0.3) is 0 Å². The second-order valence-electron chi connectivity index (χ2n) is 2.62. The van der Waals surface area contributed by atoms with Gasteiger partial charge in [-0.15, -0.1) is 0 Å². The van der Waals surface area contributed by atoms with Crippen molar-refractivity contribution in [2.45, 2.75) is 20.8 Å². The zero-order valence-corrected chi connectivity index (χ0v) is 9.34. The van der Waals surface area contributed by atoms with Crippen LogP contribution >= 0.6 is 11.6 Å². The molecule has 74 valence electrons. The summed E-state index contributed by atoms with van der Waals surface area (Å²) >= 11 is 5.81. The van der Waals surface area contributed by atoms with Gasteiger partial charge in [0.15, 0.2) is 0 Å². The summed E-state index contributed by atoms with van der Waals surface area (Å²) in [4.78, 5) is 8.19. The molecule has 0 radical (unpaired) electrons. The fourth-order valence-corrected chi connectivity index (χ4v) is 1.33. The Hall–Kier alpha value is -1.15. The molecule has 2 nitrogen and oxygen atoms in total. The van der Waals surface area contributed by atoms with Crippen LogP contribution in [-0.2, 0) is 0 Å². The van der Waals surface area contributed by atoms with E-state index in [0.717, 1.165) is 16.6 Å². The molecular formula is C11H13ClN2. The highest BCUT2D eigenvalue weighted by atomic mass is 35.5. The van der Waals surface area contributed by atoms with Gasteiger partial charge in [0, 0.05) is 16.1 Å². The number of benzene rings is 1. The maximum Gasteiger partial charge on any atom is 0.116 e. The van der Waals surface area contributed by atoms with E-state index in [9.17, 15) is 0 Å². The fourth-order valence-electron chi connectivity index (χ4n) is 1.16. The summed E-state index contributed by atoms with van der Waals surface area (Å²) in [6.45, 7) is 5.96. The minimum Gasteiger partial charge on any atom is -0.241 e. The van der Waals surface area contributed by atoms with E-state index in [0.29, 0.717) is 5.02 Å². The summed E-state index contributed by atoms with van der Waals surface area (Å²) in [6, 6.07) is 5.62. The van der Waals surface area contributed by atoms with Crippen molar-refractivity contribution >= 4 is 22.5 Å². The zero-order chi connectivity index (χ0) is 10.6. The molecule has 0 amide bonds. The molecule has 0 saturated heterocycles. The Morgan fingerprint density at radius 3 is 2.57 bits per heavy atom. The Kier molecular flexibility index (Phi) is 3.84. The van der Waals surface area contributed by atoms with Gasteiger partial charge in [0.1, 0.15) is 6.33 Å². The lowest BCUT2D eigenvalue weighted by Crippen LogP contribution is -1.86. The largest absolute Gasteiger partial charge is 0.241 e. The Labute approximate surface area is 89.0 Å². The van der Waals surface area contributed by atoms with Crippen molar-refractivity contribution < 1.29 is 0 Å². The molecule has 3 heteroatoms. The Morgan fingerprint density at radius 1 is 1.14 bits per heavy atom. The number of hydrogen-bond acceptors (Lipinski definition) is 2. The second-order valence-corrected chi connectivity index (χ2v) is 3.06. The van der Waals surface area contributed by atoms with Crippen LogP contribution in [0.2, 0.25) is 5.02 Å². The summed E-state index contributed by atoms with van der Waals surface area (Å²) in [5, 5.41) is 1.77. The van der Waals surface area contributed by atoms with E-state index in [-0.39, 0.29) is 0 Å². The normalized spacial score (nSPS) is 9.43. The van der Waals surface area contributed by atoms with Crippen LogP contribution < -0.4 is 0 Å². The molecule has 0 N–H and O–H groups in total. The average Bonchev–Trinajstić information content (AvgIpc) is 2.21. The van der Waals surface area contributed by atoms with Crippen molar-refractivity contribution in [3.63, 3.8) is 0 Å². The van der Waals surface area contributed by atoms with Gasteiger partial charge in [-0.25, -0.2) is 9.97 Å². The maximum absolute atomic E-state index is 5.81. The lowest BCUT2D eigenvalue weighted by molar-refractivity contribution is 1.15. The predicted molar refractivity (Wildman–Crippen MR) is 60.6 cm³/mol. The van der Waals surface area contributed by atoms with Gasteiger partial charge in [-0.2, -0.15) is 0 Å². The smallest absolute Gasteiger partial charge is 0.116 e.